The predicted molar refractivity (Wildman–Crippen MR) is 72.8 cm³/mol. The van der Waals surface area contributed by atoms with Gasteiger partial charge < -0.3 is 25.3 Å². The molecule has 1 aromatic carbocycles. The summed E-state index contributed by atoms with van der Waals surface area (Å²) in [5.41, 5.74) is 6.42. The molecule has 0 heterocycles. The number of nitrogens with one attached hydrogen (secondary N) is 1. The topological polar surface area (TPSA) is 65.7 Å². The third-order valence-electron chi connectivity index (χ3n) is 2.74. The van der Waals surface area contributed by atoms with Crippen molar-refractivity contribution in [2.45, 2.75) is 6.92 Å². The Labute approximate surface area is 108 Å². The van der Waals surface area contributed by atoms with Gasteiger partial charge in [0.15, 0.2) is 0 Å². The number of hydrogen-bond acceptors (Lipinski definition) is 5. The van der Waals surface area contributed by atoms with Gasteiger partial charge in [-0.2, -0.15) is 0 Å². The summed E-state index contributed by atoms with van der Waals surface area (Å²) in [6, 6.07) is 3.63. The first-order valence-electron chi connectivity index (χ1n) is 5.90. The Hall–Kier alpha value is -1.62. The molecule has 0 spiro atoms. The zero-order valence-electron chi connectivity index (χ0n) is 11.4. The van der Waals surface area contributed by atoms with Gasteiger partial charge in [-0.25, -0.2) is 0 Å². The second-order valence-electron chi connectivity index (χ2n) is 4.13. The molecule has 0 fully saturated rings. The van der Waals surface area contributed by atoms with Crippen molar-refractivity contribution in [2.24, 2.45) is 11.7 Å². The monoisotopic (exact) mass is 254 g/mol. The van der Waals surface area contributed by atoms with Gasteiger partial charge in [-0.15, -0.1) is 0 Å². The first-order chi connectivity index (χ1) is 8.65. The molecule has 1 unspecified atom stereocenters. The van der Waals surface area contributed by atoms with Crippen molar-refractivity contribution in [1.29, 1.82) is 0 Å². The van der Waals surface area contributed by atoms with E-state index < -0.39 is 0 Å². The summed E-state index contributed by atoms with van der Waals surface area (Å²) < 4.78 is 15.9. The maximum atomic E-state index is 5.60. The number of hydrogen-bond donors (Lipinski definition) is 2. The van der Waals surface area contributed by atoms with Gasteiger partial charge in [-0.1, -0.05) is 6.92 Å². The number of anilines is 1. The summed E-state index contributed by atoms with van der Waals surface area (Å²) in [5, 5.41) is 3.30. The van der Waals surface area contributed by atoms with Gasteiger partial charge in [0.1, 0.15) is 22.9 Å². The summed E-state index contributed by atoms with van der Waals surface area (Å²) in [4.78, 5) is 0. The summed E-state index contributed by atoms with van der Waals surface area (Å²) in [7, 11) is 4.84. The van der Waals surface area contributed by atoms with E-state index in [9.17, 15) is 0 Å². The quantitative estimate of drug-likeness (QED) is 0.775. The van der Waals surface area contributed by atoms with Gasteiger partial charge >= 0.3 is 0 Å². The molecule has 0 aliphatic heterocycles. The van der Waals surface area contributed by atoms with E-state index in [0.717, 1.165) is 12.2 Å². The van der Waals surface area contributed by atoms with Crippen LogP contribution in [-0.2, 0) is 0 Å². The van der Waals surface area contributed by atoms with Crippen LogP contribution in [0.1, 0.15) is 6.92 Å². The van der Waals surface area contributed by atoms with Gasteiger partial charge in [0.2, 0.25) is 0 Å². The highest BCUT2D eigenvalue weighted by Gasteiger charge is 2.13. The molecule has 0 radical (unpaired) electrons. The molecule has 1 atom stereocenters. The van der Waals surface area contributed by atoms with Crippen molar-refractivity contribution in [3.05, 3.63) is 12.1 Å². The minimum absolute atomic E-state index is 0.376. The summed E-state index contributed by atoms with van der Waals surface area (Å²) >= 11 is 0. The van der Waals surface area contributed by atoms with Crippen LogP contribution in [0.25, 0.3) is 0 Å². The van der Waals surface area contributed by atoms with E-state index in [-0.39, 0.29) is 0 Å². The van der Waals surface area contributed by atoms with Crippen LogP contribution in [-0.4, -0.2) is 34.4 Å². The van der Waals surface area contributed by atoms with Crippen LogP contribution < -0.4 is 25.3 Å². The number of methoxy groups -OCH3 is 3. The van der Waals surface area contributed by atoms with E-state index in [1.54, 1.807) is 21.3 Å². The van der Waals surface area contributed by atoms with Crippen molar-refractivity contribution in [2.75, 3.05) is 39.7 Å². The van der Waals surface area contributed by atoms with Gasteiger partial charge in [-0.05, 0) is 12.5 Å². The molecule has 0 aromatic heterocycles. The van der Waals surface area contributed by atoms with E-state index in [1.165, 1.54) is 0 Å². The highest BCUT2D eigenvalue weighted by atomic mass is 16.5. The molecule has 5 heteroatoms. The van der Waals surface area contributed by atoms with E-state index in [2.05, 4.69) is 12.2 Å². The van der Waals surface area contributed by atoms with Crippen LogP contribution in [0.5, 0.6) is 17.2 Å². The Bertz CT molecular complexity index is 357. The molecular formula is C13H22N2O3. The molecule has 1 aromatic rings. The minimum Gasteiger partial charge on any atom is -0.496 e. The fourth-order valence-corrected chi connectivity index (χ4v) is 1.54. The SMILES string of the molecule is COc1cc(OC)c(NCC(C)CN)c(OC)c1. The maximum absolute atomic E-state index is 5.60. The van der Waals surface area contributed by atoms with Crippen LogP contribution in [0.2, 0.25) is 0 Å². The van der Waals surface area contributed by atoms with Crippen LogP contribution in [0, 0.1) is 5.92 Å². The van der Waals surface area contributed by atoms with Crippen LogP contribution in [0.3, 0.4) is 0 Å². The van der Waals surface area contributed by atoms with E-state index in [4.69, 9.17) is 19.9 Å². The first kappa shape index (κ1) is 14.4. The Balaban J connectivity index is 2.99. The molecule has 3 N–H and O–H groups in total. The zero-order chi connectivity index (χ0) is 13.5. The Morgan fingerprint density at radius 3 is 2.06 bits per heavy atom. The number of benzene rings is 1. The molecule has 5 nitrogen and oxygen atoms in total. The molecule has 0 saturated carbocycles. The average Bonchev–Trinajstić information content (AvgIpc) is 2.43. The van der Waals surface area contributed by atoms with Crippen LogP contribution in [0.4, 0.5) is 5.69 Å². The lowest BCUT2D eigenvalue weighted by Gasteiger charge is -2.18. The fraction of sp³-hybridized carbons (Fsp3) is 0.538. The average molecular weight is 254 g/mol. The summed E-state index contributed by atoms with van der Waals surface area (Å²) in [6.45, 7) is 3.47. The van der Waals surface area contributed by atoms with Crippen LogP contribution >= 0.6 is 0 Å². The third-order valence-corrected chi connectivity index (χ3v) is 2.74. The molecule has 102 valence electrons. The van der Waals surface area contributed by atoms with Crippen molar-refractivity contribution in [3.63, 3.8) is 0 Å². The fourth-order valence-electron chi connectivity index (χ4n) is 1.54. The Morgan fingerprint density at radius 1 is 1.11 bits per heavy atom. The van der Waals surface area contributed by atoms with Crippen molar-refractivity contribution in [1.82, 2.24) is 0 Å². The molecule has 0 aliphatic rings. The molecule has 0 bridgehead atoms. The van der Waals surface area contributed by atoms with Gasteiger partial charge in [0, 0.05) is 18.7 Å². The molecule has 0 aliphatic carbocycles. The van der Waals surface area contributed by atoms with Gasteiger partial charge in [-0.3, -0.25) is 0 Å². The molecule has 0 saturated heterocycles. The van der Waals surface area contributed by atoms with E-state index in [1.807, 2.05) is 12.1 Å². The van der Waals surface area contributed by atoms with Crippen molar-refractivity contribution < 1.29 is 14.2 Å². The molecular weight excluding hydrogens is 232 g/mol. The second kappa shape index (κ2) is 6.96. The summed E-state index contributed by atoms with van der Waals surface area (Å²) in [6.07, 6.45) is 0. The first-order valence-corrected chi connectivity index (χ1v) is 5.90. The van der Waals surface area contributed by atoms with Crippen molar-refractivity contribution >= 4 is 5.69 Å². The van der Waals surface area contributed by atoms with Gasteiger partial charge in [0.05, 0.1) is 21.3 Å². The third kappa shape index (κ3) is 3.43. The highest BCUT2D eigenvalue weighted by Crippen LogP contribution is 2.38. The molecule has 18 heavy (non-hydrogen) atoms. The smallest absolute Gasteiger partial charge is 0.149 e. The van der Waals surface area contributed by atoms with Crippen LogP contribution in [0.15, 0.2) is 12.1 Å². The lowest BCUT2D eigenvalue weighted by Crippen LogP contribution is -2.20. The lowest BCUT2D eigenvalue weighted by atomic mass is 10.1. The normalized spacial score (nSPS) is 11.8. The molecule has 0 amide bonds. The predicted octanol–water partition coefficient (Wildman–Crippen LogP) is 1.72. The number of nitrogens with two attached hydrogens (primary N) is 1. The Kier molecular flexibility index (Phi) is 5.58. The lowest BCUT2D eigenvalue weighted by molar-refractivity contribution is 0.377. The second-order valence-corrected chi connectivity index (χ2v) is 4.13. The van der Waals surface area contributed by atoms with E-state index in [0.29, 0.717) is 29.7 Å². The standard InChI is InChI=1S/C13H22N2O3/c1-9(7-14)8-15-13-11(17-3)5-10(16-2)6-12(13)18-4/h5-6,9,15H,7-8,14H2,1-4H3. The summed E-state index contributed by atoms with van der Waals surface area (Å²) in [5.74, 6) is 2.45. The van der Waals surface area contributed by atoms with E-state index >= 15 is 0 Å². The largest absolute Gasteiger partial charge is 0.496 e. The van der Waals surface area contributed by atoms with Gasteiger partial charge in [0.25, 0.3) is 0 Å². The molecule has 1 rings (SSSR count). The van der Waals surface area contributed by atoms with Crippen molar-refractivity contribution in [3.8, 4) is 17.2 Å². The number of ether oxygens (including phenoxy) is 3. The Morgan fingerprint density at radius 2 is 1.67 bits per heavy atom. The minimum atomic E-state index is 0.376. The zero-order valence-corrected chi connectivity index (χ0v) is 11.4. The maximum Gasteiger partial charge on any atom is 0.149 e. The number of rotatable bonds is 7. The highest BCUT2D eigenvalue weighted by molar-refractivity contribution is 5.68.